The topological polar surface area (TPSA) is 85.3 Å². The zero-order valence-corrected chi connectivity index (χ0v) is 17.0. The van der Waals surface area contributed by atoms with Crippen molar-refractivity contribution >= 4 is 5.91 Å². The van der Waals surface area contributed by atoms with Crippen LogP contribution < -0.4 is 4.74 Å². The molecule has 0 bridgehead atoms. The van der Waals surface area contributed by atoms with Gasteiger partial charge in [-0.3, -0.25) is 14.6 Å². The highest BCUT2D eigenvalue weighted by molar-refractivity contribution is 5.95. The summed E-state index contributed by atoms with van der Waals surface area (Å²) in [6.07, 6.45) is 2.08. The third kappa shape index (κ3) is 4.51. The van der Waals surface area contributed by atoms with Crippen LogP contribution in [0.5, 0.6) is 5.75 Å². The number of nitrogens with one attached hydrogen (secondary N) is 1. The Hall–Kier alpha value is -3.20. The summed E-state index contributed by atoms with van der Waals surface area (Å²) in [6.45, 7) is 3.68. The molecule has 1 saturated heterocycles. The normalized spacial score (nSPS) is 16.6. The number of halogens is 1. The molecule has 0 radical (unpaired) electrons. The van der Waals surface area contributed by atoms with Crippen molar-refractivity contribution in [3.8, 4) is 5.75 Å². The van der Waals surface area contributed by atoms with Crippen molar-refractivity contribution in [2.75, 3.05) is 26.3 Å². The molecule has 1 aromatic carbocycles. The maximum Gasteiger partial charge on any atom is 0.257 e. The molecule has 1 N–H and O–H groups in total. The minimum Gasteiger partial charge on any atom is -0.493 e. The number of rotatable bonds is 6. The summed E-state index contributed by atoms with van der Waals surface area (Å²) in [5, 5.41) is 11.6. The minimum atomic E-state index is -0.292. The molecule has 0 spiro atoms. The number of carbonyl (C=O) groups is 1. The Bertz CT molecular complexity index is 1010. The Labute approximate surface area is 173 Å². The van der Waals surface area contributed by atoms with Gasteiger partial charge in [0, 0.05) is 31.9 Å². The lowest BCUT2D eigenvalue weighted by Gasteiger charge is -2.32. The first kappa shape index (κ1) is 20.1. The number of aryl methyl sites for hydroxylation is 2. The fourth-order valence-corrected chi connectivity index (χ4v) is 3.47. The SMILES string of the molecule is Cc1nn(C)cc1C(=O)N1CCO[C@@H](c2cc(CCOc3ccc(F)cc3)[nH]n2)C1. The first-order valence-electron chi connectivity index (χ1n) is 9.83. The monoisotopic (exact) mass is 413 g/mol. The Morgan fingerprint density at radius 1 is 1.37 bits per heavy atom. The van der Waals surface area contributed by atoms with Crippen LogP contribution in [0.1, 0.15) is 33.5 Å². The van der Waals surface area contributed by atoms with Crippen LogP contribution in [0.3, 0.4) is 0 Å². The fourth-order valence-electron chi connectivity index (χ4n) is 3.47. The first-order valence-corrected chi connectivity index (χ1v) is 9.83. The van der Waals surface area contributed by atoms with Gasteiger partial charge in [0.05, 0.1) is 36.7 Å². The summed E-state index contributed by atoms with van der Waals surface area (Å²) in [5.41, 5.74) is 2.99. The molecule has 0 saturated carbocycles. The van der Waals surface area contributed by atoms with Crippen LogP contribution in [-0.4, -0.2) is 57.1 Å². The average Bonchev–Trinajstić information content (AvgIpc) is 3.35. The molecule has 0 unspecified atom stereocenters. The average molecular weight is 413 g/mol. The minimum absolute atomic E-state index is 0.0441. The highest BCUT2D eigenvalue weighted by atomic mass is 19.1. The molecule has 9 heteroatoms. The summed E-state index contributed by atoms with van der Waals surface area (Å²) >= 11 is 0. The number of benzene rings is 1. The lowest BCUT2D eigenvalue weighted by atomic mass is 10.1. The zero-order valence-electron chi connectivity index (χ0n) is 17.0. The van der Waals surface area contributed by atoms with E-state index >= 15 is 0 Å². The summed E-state index contributed by atoms with van der Waals surface area (Å²) in [5.74, 6) is 0.281. The smallest absolute Gasteiger partial charge is 0.257 e. The molecule has 0 aliphatic carbocycles. The van der Waals surface area contributed by atoms with Gasteiger partial charge in [0.2, 0.25) is 0 Å². The van der Waals surface area contributed by atoms with Crippen LogP contribution in [0.25, 0.3) is 0 Å². The molecular formula is C21H24FN5O3. The van der Waals surface area contributed by atoms with Crippen LogP contribution in [0.2, 0.25) is 0 Å². The largest absolute Gasteiger partial charge is 0.493 e. The highest BCUT2D eigenvalue weighted by Gasteiger charge is 2.29. The van der Waals surface area contributed by atoms with E-state index < -0.39 is 0 Å². The number of ether oxygens (including phenoxy) is 2. The van der Waals surface area contributed by atoms with Gasteiger partial charge in [0.25, 0.3) is 5.91 Å². The Kier molecular flexibility index (Phi) is 5.80. The van der Waals surface area contributed by atoms with Crippen LogP contribution in [-0.2, 0) is 18.2 Å². The van der Waals surface area contributed by atoms with Crippen LogP contribution in [0, 0.1) is 12.7 Å². The number of H-pyrrole nitrogens is 1. The Morgan fingerprint density at radius 2 is 2.17 bits per heavy atom. The van der Waals surface area contributed by atoms with E-state index in [1.807, 2.05) is 13.0 Å². The van der Waals surface area contributed by atoms with Gasteiger partial charge in [-0.1, -0.05) is 0 Å². The number of hydrogen-bond donors (Lipinski definition) is 1. The predicted octanol–water partition coefficient (Wildman–Crippen LogP) is 2.43. The standard InChI is InChI=1S/C21H24FN5O3/c1-14-18(12-26(2)25-14)21(28)27-8-10-30-20(13-27)19-11-16(23-24-19)7-9-29-17-5-3-15(22)4-6-17/h3-6,11-12,20H,7-10,13H2,1-2H3,(H,23,24)/t20-/m1/s1. The van der Waals surface area contributed by atoms with Crippen LogP contribution in [0.4, 0.5) is 4.39 Å². The van der Waals surface area contributed by atoms with Crippen molar-refractivity contribution in [1.82, 2.24) is 24.9 Å². The van der Waals surface area contributed by atoms with E-state index in [0.29, 0.717) is 49.7 Å². The number of carbonyl (C=O) groups excluding carboxylic acids is 1. The predicted molar refractivity (Wildman–Crippen MR) is 107 cm³/mol. The molecule has 2 aromatic heterocycles. The zero-order chi connectivity index (χ0) is 21.1. The van der Waals surface area contributed by atoms with Gasteiger partial charge in [-0.05, 0) is 37.3 Å². The number of aromatic nitrogens is 4. The second kappa shape index (κ2) is 8.66. The van der Waals surface area contributed by atoms with Crippen LogP contribution >= 0.6 is 0 Å². The fraction of sp³-hybridized carbons (Fsp3) is 0.381. The molecule has 1 aliphatic heterocycles. The summed E-state index contributed by atoms with van der Waals surface area (Å²) < 4.78 is 26.1. The van der Waals surface area contributed by atoms with Crippen molar-refractivity contribution in [1.29, 1.82) is 0 Å². The lowest BCUT2D eigenvalue weighted by Crippen LogP contribution is -2.42. The number of hydrogen-bond acceptors (Lipinski definition) is 5. The molecule has 30 heavy (non-hydrogen) atoms. The van der Waals surface area contributed by atoms with Gasteiger partial charge in [-0.25, -0.2) is 4.39 Å². The van der Waals surface area contributed by atoms with E-state index in [-0.39, 0.29) is 17.8 Å². The van der Waals surface area contributed by atoms with Gasteiger partial charge < -0.3 is 14.4 Å². The third-order valence-corrected chi connectivity index (χ3v) is 5.03. The van der Waals surface area contributed by atoms with Gasteiger partial charge in [-0.2, -0.15) is 10.2 Å². The molecule has 3 heterocycles. The number of amides is 1. The molecule has 1 fully saturated rings. The Balaban J connectivity index is 1.34. The molecule has 1 atom stereocenters. The molecule has 4 rings (SSSR count). The summed E-state index contributed by atoms with van der Waals surface area (Å²) in [6, 6.07) is 7.86. The molecule has 3 aromatic rings. The van der Waals surface area contributed by atoms with E-state index in [1.54, 1.807) is 35.0 Å². The molecular weight excluding hydrogens is 389 g/mol. The lowest BCUT2D eigenvalue weighted by molar-refractivity contribution is -0.0247. The van der Waals surface area contributed by atoms with E-state index in [2.05, 4.69) is 15.3 Å². The maximum atomic E-state index is 12.9. The summed E-state index contributed by atoms with van der Waals surface area (Å²) in [4.78, 5) is 14.6. The van der Waals surface area contributed by atoms with E-state index in [4.69, 9.17) is 9.47 Å². The van der Waals surface area contributed by atoms with Crippen LogP contribution in [0.15, 0.2) is 36.5 Å². The van der Waals surface area contributed by atoms with Gasteiger partial charge in [0.15, 0.2) is 0 Å². The molecule has 8 nitrogen and oxygen atoms in total. The van der Waals surface area contributed by atoms with Crippen molar-refractivity contribution in [2.24, 2.45) is 7.05 Å². The molecule has 1 amide bonds. The van der Waals surface area contributed by atoms with Crippen molar-refractivity contribution < 1.29 is 18.7 Å². The van der Waals surface area contributed by atoms with E-state index in [0.717, 1.165) is 11.4 Å². The Morgan fingerprint density at radius 3 is 2.90 bits per heavy atom. The highest BCUT2D eigenvalue weighted by Crippen LogP contribution is 2.23. The number of morpholine rings is 1. The van der Waals surface area contributed by atoms with Gasteiger partial charge in [-0.15, -0.1) is 0 Å². The van der Waals surface area contributed by atoms with E-state index in [9.17, 15) is 9.18 Å². The number of aromatic amines is 1. The number of nitrogens with zero attached hydrogens (tertiary/aromatic N) is 4. The van der Waals surface area contributed by atoms with Gasteiger partial charge >= 0.3 is 0 Å². The maximum absolute atomic E-state index is 12.9. The second-order valence-electron chi connectivity index (χ2n) is 7.28. The van der Waals surface area contributed by atoms with Crippen molar-refractivity contribution in [2.45, 2.75) is 19.4 Å². The van der Waals surface area contributed by atoms with Crippen molar-refractivity contribution in [3.05, 3.63) is 65.0 Å². The quantitative estimate of drug-likeness (QED) is 0.671. The molecule has 1 aliphatic rings. The van der Waals surface area contributed by atoms with E-state index in [1.165, 1.54) is 12.1 Å². The molecule has 158 valence electrons. The second-order valence-corrected chi connectivity index (χ2v) is 7.28. The summed E-state index contributed by atoms with van der Waals surface area (Å²) in [7, 11) is 1.80. The van der Waals surface area contributed by atoms with Gasteiger partial charge in [0.1, 0.15) is 17.7 Å². The van der Waals surface area contributed by atoms with Crippen molar-refractivity contribution in [3.63, 3.8) is 0 Å². The third-order valence-electron chi connectivity index (χ3n) is 5.03. The first-order chi connectivity index (χ1) is 14.5.